The third-order valence-electron chi connectivity index (χ3n) is 13.6. The van der Waals surface area contributed by atoms with E-state index in [1.165, 1.54) is 6.07 Å². The first-order chi connectivity index (χ1) is 34.7. The maximum absolute atomic E-state index is 14.0. The molecular formula is C61H38F9N3. The summed E-state index contributed by atoms with van der Waals surface area (Å²) in [6, 6.07) is 48.9. The van der Waals surface area contributed by atoms with Crippen LogP contribution in [0.1, 0.15) is 33.4 Å². The average Bonchev–Trinajstić information content (AvgIpc) is 3.87. The van der Waals surface area contributed by atoms with E-state index in [0.717, 1.165) is 74.5 Å². The van der Waals surface area contributed by atoms with Crippen LogP contribution in [0, 0.1) is 27.3 Å². The lowest BCUT2D eigenvalue weighted by Gasteiger charge is -2.19. The molecule has 0 spiro atoms. The first kappa shape index (κ1) is 46.8. The molecule has 9 aromatic carbocycles. The Morgan fingerprint density at radius 3 is 1.41 bits per heavy atom. The number of para-hydroxylation sites is 2. The highest BCUT2D eigenvalue weighted by atomic mass is 19.4. The highest BCUT2D eigenvalue weighted by Crippen LogP contribution is 2.46. The van der Waals surface area contributed by atoms with Gasteiger partial charge in [0.15, 0.2) is 5.69 Å². The fourth-order valence-corrected chi connectivity index (χ4v) is 10.3. The first-order valence-corrected chi connectivity index (χ1v) is 23.0. The van der Waals surface area contributed by atoms with Crippen molar-refractivity contribution in [2.45, 2.75) is 39.3 Å². The predicted molar refractivity (Wildman–Crippen MR) is 272 cm³/mol. The van der Waals surface area contributed by atoms with Crippen LogP contribution in [-0.2, 0) is 18.5 Å². The highest BCUT2D eigenvalue weighted by molar-refractivity contribution is 6.12. The monoisotopic (exact) mass is 983 g/mol. The molecule has 0 aliphatic carbocycles. The highest BCUT2D eigenvalue weighted by Gasteiger charge is 2.33. The van der Waals surface area contributed by atoms with E-state index in [1.807, 2.05) is 112 Å². The van der Waals surface area contributed by atoms with Gasteiger partial charge in [-0.05, 0) is 179 Å². The molecule has 0 atom stereocenters. The number of aryl methyl sites for hydroxylation is 3. The molecule has 0 radical (unpaired) electrons. The van der Waals surface area contributed by atoms with Crippen LogP contribution in [0.15, 0.2) is 176 Å². The van der Waals surface area contributed by atoms with Crippen molar-refractivity contribution in [3.8, 4) is 55.9 Å². The summed E-state index contributed by atoms with van der Waals surface area (Å²) in [5.74, 6) is 0. The van der Waals surface area contributed by atoms with Crippen LogP contribution in [0.4, 0.5) is 45.2 Å². The lowest BCUT2D eigenvalue weighted by molar-refractivity contribution is -0.138. The zero-order chi connectivity index (χ0) is 51.3. The van der Waals surface area contributed by atoms with Gasteiger partial charge in [0.1, 0.15) is 0 Å². The van der Waals surface area contributed by atoms with Crippen molar-refractivity contribution >= 4 is 49.3 Å². The zero-order valence-corrected chi connectivity index (χ0v) is 39.0. The largest absolute Gasteiger partial charge is 0.416 e. The molecule has 11 rings (SSSR count). The van der Waals surface area contributed by atoms with Crippen molar-refractivity contribution in [3.63, 3.8) is 0 Å². The molecule has 0 unspecified atom stereocenters. The molecule has 73 heavy (non-hydrogen) atoms. The second-order valence-corrected chi connectivity index (χ2v) is 18.4. The van der Waals surface area contributed by atoms with Crippen molar-refractivity contribution in [2.24, 2.45) is 0 Å². The third kappa shape index (κ3) is 8.24. The van der Waals surface area contributed by atoms with E-state index < -0.39 is 35.2 Å². The first-order valence-electron chi connectivity index (χ1n) is 23.0. The Balaban J connectivity index is 1.15. The van der Waals surface area contributed by atoms with Crippen LogP contribution in [0.2, 0.25) is 0 Å². The SMILES string of the molecule is [C-]#[N+]c1ccc(-n2c3ccccc3c3cc(-c4cc(C)cc(C(F)(F)F)c4)ccc32)cc1-c1cc(-c2ccc(C(F)(F)F)cc2C)ccc1-n1c2ccccc2c2cc(-c3cc(C)cc(C(F)(F)F)c3)ccc21. The molecule has 0 saturated carbocycles. The molecule has 0 aliphatic rings. The van der Waals surface area contributed by atoms with Crippen molar-refractivity contribution in [1.29, 1.82) is 0 Å². The second-order valence-electron chi connectivity index (χ2n) is 18.4. The summed E-state index contributed by atoms with van der Waals surface area (Å²) in [6.07, 6.45) is -13.7. The third-order valence-corrected chi connectivity index (χ3v) is 13.6. The topological polar surface area (TPSA) is 14.2 Å². The van der Waals surface area contributed by atoms with E-state index in [2.05, 4.69) is 4.85 Å². The summed E-state index contributed by atoms with van der Waals surface area (Å²) in [4.78, 5) is 4.00. The standard InChI is InChI=1S/C61H38F9N3/c1-34-23-40(28-43(25-34)60(65,66)67)37-13-20-56-50(30-37)47-9-5-7-11-54(47)72(56)45-17-19-53(71-4)49(33-45)52-32-39(46-18-16-42(27-36(46)3)59(62,63)64)15-22-58(52)73-55-12-8-6-10-48(55)51-31-38(14-21-57(51)73)41-24-35(2)26-44(29-41)61(68,69)70/h5-33H,1-3H3. The minimum Gasteiger partial charge on any atom is -0.309 e. The molecule has 0 saturated heterocycles. The summed E-state index contributed by atoms with van der Waals surface area (Å²) >= 11 is 0. The summed E-state index contributed by atoms with van der Waals surface area (Å²) < 4.78 is 130. The van der Waals surface area contributed by atoms with Crippen LogP contribution in [0.5, 0.6) is 0 Å². The van der Waals surface area contributed by atoms with Gasteiger partial charge in [0.05, 0.1) is 51.0 Å². The van der Waals surface area contributed by atoms with Gasteiger partial charge >= 0.3 is 18.5 Å². The molecule has 360 valence electrons. The van der Waals surface area contributed by atoms with E-state index in [9.17, 15) is 39.5 Å². The molecule has 0 fully saturated rings. The molecular weight excluding hydrogens is 946 g/mol. The van der Waals surface area contributed by atoms with E-state index in [-0.39, 0.29) is 5.69 Å². The van der Waals surface area contributed by atoms with Crippen LogP contribution in [-0.4, -0.2) is 9.13 Å². The van der Waals surface area contributed by atoms with Gasteiger partial charge in [-0.25, -0.2) is 4.85 Å². The van der Waals surface area contributed by atoms with Crippen LogP contribution >= 0.6 is 0 Å². The Hall–Kier alpha value is -8.56. The molecule has 0 amide bonds. The molecule has 0 aliphatic heterocycles. The predicted octanol–water partition coefficient (Wildman–Crippen LogP) is 19.1. The molecule has 3 nitrogen and oxygen atoms in total. The number of hydrogen-bond donors (Lipinski definition) is 0. The van der Waals surface area contributed by atoms with E-state index >= 15 is 0 Å². The Morgan fingerprint density at radius 1 is 0.370 bits per heavy atom. The smallest absolute Gasteiger partial charge is 0.309 e. The van der Waals surface area contributed by atoms with Gasteiger partial charge in [0.2, 0.25) is 0 Å². The minimum atomic E-state index is -4.56. The minimum absolute atomic E-state index is 0.275. The zero-order valence-electron chi connectivity index (χ0n) is 39.0. The summed E-state index contributed by atoms with van der Waals surface area (Å²) in [5, 5.41) is 3.18. The Bertz CT molecular complexity index is 4100. The summed E-state index contributed by atoms with van der Waals surface area (Å²) in [5.41, 5.74) is 7.73. The van der Waals surface area contributed by atoms with Crippen LogP contribution in [0.3, 0.4) is 0 Å². The van der Waals surface area contributed by atoms with Gasteiger partial charge in [0.25, 0.3) is 0 Å². The number of benzene rings is 9. The number of aromatic nitrogens is 2. The summed E-state index contributed by atoms with van der Waals surface area (Å²) in [6.45, 7) is 13.4. The normalized spacial score (nSPS) is 12.4. The average molecular weight is 984 g/mol. The van der Waals surface area contributed by atoms with Gasteiger partial charge < -0.3 is 9.13 Å². The van der Waals surface area contributed by atoms with Crippen molar-refractivity contribution in [3.05, 3.63) is 221 Å². The van der Waals surface area contributed by atoms with Crippen LogP contribution in [0.25, 0.3) is 104 Å². The van der Waals surface area contributed by atoms with E-state index in [1.54, 1.807) is 51.1 Å². The van der Waals surface area contributed by atoms with E-state index in [4.69, 9.17) is 6.57 Å². The van der Waals surface area contributed by atoms with Crippen LogP contribution < -0.4 is 0 Å². The lowest BCUT2D eigenvalue weighted by Crippen LogP contribution is -2.05. The maximum atomic E-state index is 14.0. The maximum Gasteiger partial charge on any atom is 0.416 e. The molecule has 2 heterocycles. The van der Waals surface area contributed by atoms with Gasteiger partial charge in [-0.15, -0.1) is 0 Å². The number of nitrogens with zero attached hydrogens (tertiary/aromatic N) is 3. The van der Waals surface area contributed by atoms with Crippen molar-refractivity contribution in [1.82, 2.24) is 9.13 Å². The number of hydrogen-bond acceptors (Lipinski definition) is 0. The summed E-state index contributed by atoms with van der Waals surface area (Å²) in [7, 11) is 0. The fourth-order valence-electron chi connectivity index (χ4n) is 10.3. The lowest BCUT2D eigenvalue weighted by atomic mass is 9.93. The van der Waals surface area contributed by atoms with Gasteiger partial charge in [-0.1, -0.05) is 78.9 Å². The van der Waals surface area contributed by atoms with Gasteiger partial charge in [0, 0.05) is 27.2 Å². The molecule has 11 aromatic rings. The molecule has 2 aromatic heterocycles. The number of alkyl halides is 9. The number of fused-ring (bicyclic) bond motifs is 6. The Morgan fingerprint density at radius 2 is 0.877 bits per heavy atom. The van der Waals surface area contributed by atoms with Crippen molar-refractivity contribution < 1.29 is 39.5 Å². The van der Waals surface area contributed by atoms with Crippen molar-refractivity contribution in [2.75, 3.05) is 0 Å². The van der Waals surface area contributed by atoms with Gasteiger partial charge in [-0.3, -0.25) is 0 Å². The number of halogens is 9. The number of rotatable bonds is 6. The second kappa shape index (κ2) is 17.1. The fraction of sp³-hybridized carbons (Fsp3) is 0.0984. The quantitative estimate of drug-likeness (QED) is 0.116. The van der Waals surface area contributed by atoms with Gasteiger partial charge in [-0.2, -0.15) is 39.5 Å². The molecule has 12 heteroatoms. The Kier molecular flexibility index (Phi) is 10.9. The Labute approximate surface area is 412 Å². The molecule has 0 N–H and O–H groups in total. The van der Waals surface area contributed by atoms with E-state index in [0.29, 0.717) is 78.1 Å². The molecule has 0 bridgehead atoms.